The predicted octanol–water partition coefficient (Wildman–Crippen LogP) is 1.46. The van der Waals surface area contributed by atoms with E-state index in [0.29, 0.717) is 5.56 Å². The van der Waals surface area contributed by atoms with Crippen LogP contribution < -0.4 is 0 Å². The second-order valence-corrected chi connectivity index (χ2v) is 2.25. The van der Waals surface area contributed by atoms with Crippen molar-refractivity contribution in [1.82, 2.24) is 0 Å². The Hall–Kier alpha value is -2.09. The van der Waals surface area contributed by atoms with E-state index in [1.165, 1.54) is 0 Å². The molecule has 0 saturated heterocycles. The molecule has 66 valence electrons. The molecule has 1 aromatic rings. The van der Waals surface area contributed by atoms with Crippen LogP contribution in [0.15, 0.2) is 30.3 Å². The standard InChI is InChI=1S/C8H6N2O3/c9-6-8(13-10(11)12)7-4-2-1-3-5-7/h1-5,8H. The van der Waals surface area contributed by atoms with Gasteiger partial charge >= 0.3 is 0 Å². The summed E-state index contributed by atoms with van der Waals surface area (Å²) in [4.78, 5) is 14.1. The molecule has 1 unspecified atom stereocenters. The van der Waals surface area contributed by atoms with Gasteiger partial charge in [0.1, 0.15) is 0 Å². The Morgan fingerprint density at radius 2 is 2.08 bits per heavy atom. The van der Waals surface area contributed by atoms with Crippen LogP contribution in [-0.4, -0.2) is 5.09 Å². The first-order valence-corrected chi connectivity index (χ1v) is 3.50. The van der Waals surface area contributed by atoms with E-state index in [1.54, 1.807) is 36.4 Å². The van der Waals surface area contributed by atoms with Crippen molar-refractivity contribution in [2.24, 2.45) is 0 Å². The van der Waals surface area contributed by atoms with E-state index in [0.717, 1.165) is 0 Å². The Labute approximate surface area is 74.3 Å². The summed E-state index contributed by atoms with van der Waals surface area (Å²) in [6.45, 7) is 0. The first kappa shape index (κ1) is 9.00. The lowest BCUT2D eigenvalue weighted by atomic mass is 10.1. The molecule has 1 rings (SSSR count). The van der Waals surface area contributed by atoms with Crippen molar-refractivity contribution in [2.75, 3.05) is 0 Å². The smallest absolute Gasteiger partial charge is 0.290 e. The molecule has 0 saturated carbocycles. The number of benzene rings is 1. The molecule has 0 heterocycles. The zero-order valence-corrected chi connectivity index (χ0v) is 6.58. The van der Waals surface area contributed by atoms with Crippen LogP contribution in [0.5, 0.6) is 0 Å². The van der Waals surface area contributed by atoms with E-state index in [2.05, 4.69) is 4.84 Å². The number of rotatable bonds is 3. The minimum absolute atomic E-state index is 0.474. The van der Waals surface area contributed by atoms with Crippen LogP contribution >= 0.6 is 0 Å². The van der Waals surface area contributed by atoms with Gasteiger partial charge in [-0.2, -0.15) is 5.26 Å². The molecule has 0 spiro atoms. The van der Waals surface area contributed by atoms with Crippen molar-refractivity contribution in [3.63, 3.8) is 0 Å². The average Bonchev–Trinajstić information content (AvgIpc) is 2.15. The molecule has 0 bridgehead atoms. The fourth-order valence-corrected chi connectivity index (χ4v) is 0.873. The topological polar surface area (TPSA) is 76.2 Å². The van der Waals surface area contributed by atoms with E-state index in [9.17, 15) is 10.1 Å². The van der Waals surface area contributed by atoms with E-state index >= 15 is 0 Å². The summed E-state index contributed by atoms with van der Waals surface area (Å²) in [5, 5.41) is 17.6. The summed E-state index contributed by atoms with van der Waals surface area (Å²) in [6, 6.07) is 10.00. The lowest BCUT2D eigenvalue weighted by molar-refractivity contribution is -0.767. The Kier molecular flexibility index (Phi) is 2.82. The summed E-state index contributed by atoms with van der Waals surface area (Å²) in [5.74, 6) is 0. The lowest BCUT2D eigenvalue weighted by Crippen LogP contribution is -2.07. The largest absolute Gasteiger partial charge is 0.296 e. The first-order valence-electron chi connectivity index (χ1n) is 3.50. The third kappa shape index (κ3) is 2.45. The van der Waals surface area contributed by atoms with Crippen molar-refractivity contribution >= 4 is 0 Å². The highest BCUT2D eigenvalue weighted by Crippen LogP contribution is 2.15. The third-order valence-electron chi connectivity index (χ3n) is 1.41. The molecule has 0 N–H and O–H groups in total. The minimum Gasteiger partial charge on any atom is -0.290 e. The van der Waals surface area contributed by atoms with Gasteiger partial charge in [-0.25, -0.2) is 0 Å². The van der Waals surface area contributed by atoms with E-state index < -0.39 is 11.2 Å². The first-order chi connectivity index (χ1) is 6.24. The van der Waals surface area contributed by atoms with E-state index in [4.69, 9.17) is 5.26 Å². The van der Waals surface area contributed by atoms with Crippen molar-refractivity contribution in [3.05, 3.63) is 46.0 Å². The molecule has 0 amide bonds. The molecule has 13 heavy (non-hydrogen) atoms. The Bertz CT molecular complexity index is 331. The monoisotopic (exact) mass is 178 g/mol. The van der Waals surface area contributed by atoms with Gasteiger partial charge < -0.3 is 0 Å². The molecule has 0 aliphatic heterocycles. The van der Waals surface area contributed by atoms with Gasteiger partial charge in [0.25, 0.3) is 5.09 Å². The summed E-state index contributed by atoms with van der Waals surface area (Å²) in [6.07, 6.45) is -1.14. The summed E-state index contributed by atoms with van der Waals surface area (Å²) >= 11 is 0. The maximum absolute atomic E-state index is 9.97. The van der Waals surface area contributed by atoms with Crippen molar-refractivity contribution in [1.29, 1.82) is 5.26 Å². The molecule has 0 aromatic heterocycles. The van der Waals surface area contributed by atoms with Gasteiger partial charge in [-0.3, -0.25) is 4.84 Å². The Morgan fingerprint density at radius 3 is 2.54 bits per heavy atom. The van der Waals surface area contributed by atoms with Crippen LogP contribution in [0.2, 0.25) is 0 Å². The zero-order chi connectivity index (χ0) is 9.68. The number of hydrogen-bond acceptors (Lipinski definition) is 4. The quantitative estimate of drug-likeness (QED) is 0.518. The molecule has 0 radical (unpaired) electrons. The van der Waals surface area contributed by atoms with Gasteiger partial charge in [0.05, 0.1) is 6.07 Å². The van der Waals surface area contributed by atoms with Crippen LogP contribution in [-0.2, 0) is 4.84 Å². The number of nitrogens with zero attached hydrogens (tertiary/aromatic N) is 2. The second kappa shape index (κ2) is 4.07. The molecule has 1 atom stereocenters. The summed E-state index contributed by atoms with van der Waals surface area (Å²) < 4.78 is 0. The van der Waals surface area contributed by atoms with E-state index in [-0.39, 0.29) is 0 Å². The van der Waals surface area contributed by atoms with E-state index in [1.807, 2.05) is 0 Å². The molecule has 0 aliphatic rings. The average molecular weight is 178 g/mol. The highest BCUT2D eigenvalue weighted by Gasteiger charge is 2.13. The van der Waals surface area contributed by atoms with Crippen molar-refractivity contribution < 1.29 is 9.92 Å². The molecular weight excluding hydrogens is 172 g/mol. The predicted molar refractivity (Wildman–Crippen MR) is 42.9 cm³/mol. The SMILES string of the molecule is N#CC(O[N+](=O)[O-])c1ccccc1. The molecule has 1 aromatic carbocycles. The summed E-state index contributed by atoms with van der Waals surface area (Å²) in [7, 11) is 0. The second-order valence-electron chi connectivity index (χ2n) is 2.25. The molecular formula is C8H6N2O3. The normalized spacial score (nSPS) is 11.3. The highest BCUT2D eigenvalue weighted by atomic mass is 17.0. The maximum atomic E-state index is 9.97. The fraction of sp³-hybridized carbons (Fsp3) is 0.125. The fourth-order valence-electron chi connectivity index (χ4n) is 0.873. The molecule has 5 nitrogen and oxygen atoms in total. The van der Waals surface area contributed by atoms with Crippen LogP contribution in [0.25, 0.3) is 0 Å². The van der Waals surface area contributed by atoms with Gasteiger partial charge in [-0.05, 0) is 5.56 Å². The lowest BCUT2D eigenvalue weighted by Gasteiger charge is -2.05. The van der Waals surface area contributed by atoms with Crippen LogP contribution in [0.3, 0.4) is 0 Å². The highest BCUT2D eigenvalue weighted by molar-refractivity contribution is 5.21. The van der Waals surface area contributed by atoms with Gasteiger partial charge in [0.2, 0.25) is 6.10 Å². The Morgan fingerprint density at radius 1 is 1.46 bits per heavy atom. The van der Waals surface area contributed by atoms with Crippen molar-refractivity contribution in [3.8, 4) is 6.07 Å². The van der Waals surface area contributed by atoms with Crippen molar-refractivity contribution in [2.45, 2.75) is 6.10 Å². The van der Waals surface area contributed by atoms with Gasteiger partial charge in [0.15, 0.2) is 0 Å². The Balaban J connectivity index is 2.80. The minimum atomic E-state index is -1.14. The van der Waals surface area contributed by atoms with Gasteiger partial charge in [-0.15, -0.1) is 10.1 Å². The van der Waals surface area contributed by atoms with Gasteiger partial charge in [0, 0.05) is 0 Å². The van der Waals surface area contributed by atoms with Crippen LogP contribution in [0, 0.1) is 21.4 Å². The molecule has 0 aliphatic carbocycles. The number of hydrogen-bond donors (Lipinski definition) is 0. The van der Waals surface area contributed by atoms with Crippen LogP contribution in [0.4, 0.5) is 0 Å². The molecule has 0 fully saturated rings. The van der Waals surface area contributed by atoms with Crippen LogP contribution in [0.1, 0.15) is 11.7 Å². The maximum Gasteiger partial charge on any atom is 0.296 e. The number of nitriles is 1. The molecule has 5 heteroatoms. The summed E-state index contributed by atoms with van der Waals surface area (Å²) in [5.41, 5.74) is 0.474. The zero-order valence-electron chi connectivity index (χ0n) is 6.58. The third-order valence-corrected chi connectivity index (χ3v) is 1.41. The van der Waals surface area contributed by atoms with Gasteiger partial charge in [-0.1, -0.05) is 30.3 Å².